The monoisotopic (exact) mass is 268 g/mol. The van der Waals surface area contributed by atoms with E-state index < -0.39 is 0 Å². The molecule has 0 aromatic carbocycles. The van der Waals surface area contributed by atoms with Gasteiger partial charge in [-0.25, -0.2) is 0 Å². The van der Waals surface area contributed by atoms with Gasteiger partial charge in [0.05, 0.1) is 12.2 Å². The molecule has 0 radical (unpaired) electrons. The van der Waals surface area contributed by atoms with Crippen LogP contribution < -0.4 is 5.32 Å². The molecule has 2 heterocycles. The molecule has 0 saturated carbocycles. The highest BCUT2D eigenvalue weighted by Gasteiger charge is 2.27. The molecule has 0 amide bonds. The second-order valence-corrected chi connectivity index (χ2v) is 6.27. The lowest BCUT2D eigenvalue weighted by molar-refractivity contribution is 0.0240. The number of likely N-dealkylation sites (N-methyl/N-ethyl adjacent to an activating group) is 1. The van der Waals surface area contributed by atoms with Crippen LogP contribution in [-0.2, 0) is 4.74 Å². The molecule has 2 aliphatic heterocycles. The van der Waals surface area contributed by atoms with Crippen molar-refractivity contribution in [3.05, 3.63) is 0 Å². The molecule has 3 atom stereocenters. The number of likely N-dealkylation sites (tertiary alicyclic amines) is 1. The Bertz CT molecular complexity index is 247. The lowest BCUT2D eigenvalue weighted by atomic mass is 9.98. The van der Waals surface area contributed by atoms with Crippen molar-refractivity contribution in [3.8, 4) is 0 Å². The minimum Gasteiger partial charge on any atom is -0.372 e. The van der Waals surface area contributed by atoms with Crippen LogP contribution in [0.3, 0.4) is 0 Å². The Morgan fingerprint density at radius 3 is 2.68 bits per heavy atom. The molecule has 2 aliphatic rings. The SMILES string of the molecule is CCNCC1CCC(CN2CCCC(CC)CC2)O1. The van der Waals surface area contributed by atoms with Crippen molar-refractivity contribution < 1.29 is 4.74 Å². The second kappa shape index (κ2) is 8.23. The van der Waals surface area contributed by atoms with Gasteiger partial charge in [0.25, 0.3) is 0 Å². The maximum absolute atomic E-state index is 6.16. The average Bonchev–Trinajstić information content (AvgIpc) is 2.74. The van der Waals surface area contributed by atoms with E-state index in [0.29, 0.717) is 12.2 Å². The molecular formula is C16H32N2O. The molecule has 3 heteroatoms. The van der Waals surface area contributed by atoms with Gasteiger partial charge in [0.1, 0.15) is 0 Å². The lowest BCUT2D eigenvalue weighted by Gasteiger charge is -2.24. The first-order valence-electron chi connectivity index (χ1n) is 8.40. The van der Waals surface area contributed by atoms with E-state index in [1.54, 1.807) is 0 Å². The third kappa shape index (κ3) is 5.05. The highest BCUT2D eigenvalue weighted by atomic mass is 16.5. The van der Waals surface area contributed by atoms with E-state index in [4.69, 9.17) is 4.74 Å². The molecule has 2 fully saturated rings. The first-order valence-corrected chi connectivity index (χ1v) is 8.40. The van der Waals surface area contributed by atoms with Crippen LogP contribution >= 0.6 is 0 Å². The molecule has 19 heavy (non-hydrogen) atoms. The molecule has 112 valence electrons. The van der Waals surface area contributed by atoms with E-state index >= 15 is 0 Å². The normalized spacial score (nSPS) is 33.5. The third-order valence-corrected chi connectivity index (χ3v) is 4.80. The number of rotatable bonds is 6. The van der Waals surface area contributed by atoms with Crippen molar-refractivity contribution in [2.24, 2.45) is 5.92 Å². The first kappa shape index (κ1) is 15.3. The summed E-state index contributed by atoms with van der Waals surface area (Å²) in [4.78, 5) is 2.65. The maximum atomic E-state index is 6.16. The van der Waals surface area contributed by atoms with Crippen LogP contribution in [0.2, 0.25) is 0 Å². The van der Waals surface area contributed by atoms with Gasteiger partial charge in [-0.2, -0.15) is 0 Å². The summed E-state index contributed by atoms with van der Waals surface area (Å²) < 4.78 is 6.16. The van der Waals surface area contributed by atoms with Gasteiger partial charge in [-0.05, 0) is 57.7 Å². The van der Waals surface area contributed by atoms with Gasteiger partial charge in [-0.3, -0.25) is 0 Å². The van der Waals surface area contributed by atoms with Crippen LogP contribution in [0, 0.1) is 5.92 Å². The standard InChI is InChI=1S/C16H32N2O/c1-3-14-6-5-10-18(11-9-14)13-16-8-7-15(19-16)12-17-4-2/h14-17H,3-13H2,1-2H3. The summed E-state index contributed by atoms with van der Waals surface area (Å²) in [6.07, 6.45) is 9.01. The summed E-state index contributed by atoms with van der Waals surface area (Å²) >= 11 is 0. The van der Waals surface area contributed by atoms with Gasteiger partial charge >= 0.3 is 0 Å². The van der Waals surface area contributed by atoms with Gasteiger partial charge in [0.15, 0.2) is 0 Å². The number of hydrogen-bond donors (Lipinski definition) is 1. The smallest absolute Gasteiger partial charge is 0.0707 e. The number of nitrogens with zero attached hydrogens (tertiary/aromatic N) is 1. The number of nitrogens with one attached hydrogen (secondary N) is 1. The minimum atomic E-state index is 0.459. The molecule has 0 spiro atoms. The zero-order valence-corrected chi connectivity index (χ0v) is 12.9. The largest absolute Gasteiger partial charge is 0.372 e. The number of hydrogen-bond acceptors (Lipinski definition) is 3. The summed E-state index contributed by atoms with van der Waals surface area (Å²) in [5.41, 5.74) is 0. The molecule has 0 aliphatic carbocycles. The Morgan fingerprint density at radius 1 is 1.05 bits per heavy atom. The molecule has 2 saturated heterocycles. The molecular weight excluding hydrogens is 236 g/mol. The fourth-order valence-corrected chi connectivity index (χ4v) is 3.47. The molecule has 2 rings (SSSR count). The highest BCUT2D eigenvalue weighted by Crippen LogP contribution is 2.24. The summed E-state index contributed by atoms with van der Waals surface area (Å²) in [7, 11) is 0. The fraction of sp³-hybridized carbons (Fsp3) is 1.00. The van der Waals surface area contributed by atoms with Crippen LogP contribution in [-0.4, -0.2) is 49.8 Å². The summed E-state index contributed by atoms with van der Waals surface area (Å²) in [6, 6.07) is 0. The molecule has 0 aromatic heterocycles. The predicted octanol–water partition coefficient (Wildman–Crippen LogP) is 2.66. The quantitative estimate of drug-likeness (QED) is 0.801. The summed E-state index contributed by atoms with van der Waals surface area (Å²) in [5, 5.41) is 3.40. The Hall–Kier alpha value is -0.120. The second-order valence-electron chi connectivity index (χ2n) is 6.27. The third-order valence-electron chi connectivity index (χ3n) is 4.80. The Balaban J connectivity index is 1.67. The molecule has 0 bridgehead atoms. The highest BCUT2D eigenvalue weighted by molar-refractivity contribution is 4.79. The topological polar surface area (TPSA) is 24.5 Å². The van der Waals surface area contributed by atoms with Gasteiger partial charge in [0.2, 0.25) is 0 Å². The minimum absolute atomic E-state index is 0.459. The Labute approximate surface area is 119 Å². The van der Waals surface area contributed by atoms with Crippen molar-refractivity contribution in [3.63, 3.8) is 0 Å². The van der Waals surface area contributed by atoms with Crippen LogP contribution in [0.15, 0.2) is 0 Å². The van der Waals surface area contributed by atoms with Gasteiger partial charge < -0.3 is 15.0 Å². The molecule has 3 nitrogen and oxygen atoms in total. The molecule has 3 unspecified atom stereocenters. The Kier molecular flexibility index (Phi) is 6.62. The first-order chi connectivity index (χ1) is 9.31. The lowest BCUT2D eigenvalue weighted by Crippen LogP contribution is -2.34. The van der Waals surface area contributed by atoms with E-state index in [9.17, 15) is 0 Å². The Morgan fingerprint density at radius 2 is 1.89 bits per heavy atom. The van der Waals surface area contributed by atoms with Crippen molar-refractivity contribution in [1.29, 1.82) is 0 Å². The van der Waals surface area contributed by atoms with Crippen LogP contribution in [0.5, 0.6) is 0 Å². The van der Waals surface area contributed by atoms with Crippen molar-refractivity contribution in [2.75, 3.05) is 32.7 Å². The van der Waals surface area contributed by atoms with E-state index in [-0.39, 0.29) is 0 Å². The molecule has 0 aromatic rings. The zero-order valence-electron chi connectivity index (χ0n) is 12.9. The maximum Gasteiger partial charge on any atom is 0.0707 e. The van der Waals surface area contributed by atoms with Crippen molar-refractivity contribution in [2.45, 2.75) is 64.6 Å². The zero-order chi connectivity index (χ0) is 13.5. The van der Waals surface area contributed by atoms with Crippen molar-refractivity contribution in [1.82, 2.24) is 10.2 Å². The van der Waals surface area contributed by atoms with Gasteiger partial charge in [-0.1, -0.05) is 20.3 Å². The van der Waals surface area contributed by atoms with Gasteiger partial charge in [-0.15, -0.1) is 0 Å². The van der Waals surface area contributed by atoms with Crippen LogP contribution in [0.1, 0.15) is 52.4 Å². The molecule has 1 N–H and O–H groups in total. The average molecular weight is 268 g/mol. The van der Waals surface area contributed by atoms with Crippen molar-refractivity contribution >= 4 is 0 Å². The predicted molar refractivity (Wildman–Crippen MR) is 80.5 cm³/mol. The number of ether oxygens (including phenoxy) is 1. The van der Waals surface area contributed by atoms with Crippen LogP contribution in [0.4, 0.5) is 0 Å². The summed E-state index contributed by atoms with van der Waals surface area (Å²) in [6.45, 7) is 10.3. The van der Waals surface area contributed by atoms with E-state index in [2.05, 4.69) is 24.1 Å². The fourth-order valence-electron chi connectivity index (χ4n) is 3.47. The van der Waals surface area contributed by atoms with E-state index in [1.165, 1.54) is 58.2 Å². The summed E-state index contributed by atoms with van der Waals surface area (Å²) in [5.74, 6) is 0.969. The van der Waals surface area contributed by atoms with Gasteiger partial charge in [0, 0.05) is 13.1 Å². The van der Waals surface area contributed by atoms with E-state index in [1.807, 2.05) is 0 Å². The van der Waals surface area contributed by atoms with Crippen LogP contribution in [0.25, 0.3) is 0 Å². The van der Waals surface area contributed by atoms with E-state index in [0.717, 1.165) is 19.0 Å².